The lowest BCUT2D eigenvalue weighted by molar-refractivity contribution is -0.132. The van der Waals surface area contributed by atoms with Crippen LogP contribution in [-0.4, -0.2) is 40.8 Å². The standard InChI is InChI=1S/C11H9Cl2FN2O3/c1-16(2)4-6(11(18)19)8(17)5-3-7(14)10(13)15-9(5)12/h3-4H,1-2H3,(H,18,19)/b6-4+. The van der Waals surface area contributed by atoms with Crippen LogP contribution >= 0.6 is 23.2 Å². The van der Waals surface area contributed by atoms with E-state index in [1.54, 1.807) is 14.1 Å². The fraction of sp³-hybridized carbons (Fsp3) is 0.182. The minimum atomic E-state index is -1.45. The van der Waals surface area contributed by atoms with E-state index in [0.717, 1.165) is 12.3 Å². The molecule has 1 rings (SSSR count). The number of pyridine rings is 1. The Balaban J connectivity index is 3.33. The van der Waals surface area contributed by atoms with Crippen LogP contribution in [0.3, 0.4) is 0 Å². The second kappa shape index (κ2) is 5.99. The van der Waals surface area contributed by atoms with Crippen LogP contribution in [0.25, 0.3) is 0 Å². The summed E-state index contributed by atoms with van der Waals surface area (Å²) in [4.78, 5) is 27.8. The minimum Gasteiger partial charge on any atom is -0.477 e. The van der Waals surface area contributed by atoms with Gasteiger partial charge in [0.1, 0.15) is 10.7 Å². The summed E-state index contributed by atoms with van der Waals surface area (Å²) < 4.78 is 13.3. The van der Waals surface area contributed by atoms with Crippen molar-refractivity contribution in [3.8, 4) is 0 Å². The van der Waals surface area contributed by atoms with Gasteiger partial charge in [0.05, 0.1) is 5.56 Å². The van der Waals surface area contributed by atoms with E-state index in [1.807, 2.05) is 0 Å². The first-order valence-electron chi connectivity index (χ1n) is 4.91. The van der Waals surface area contributed by atoms with E-state index in [1.165, 1.54) is 4.90 Å². The maximum atomic E-state index is 13.3. The van der Waals surface area contributed by atoms with Crippen LogP contribution < -0.4 is 0 Å². The monoisotopic (exact) mass is 306 g/mol. The molecule has 1 aromatic rings. The van der Waals surface area contributed by atoms with Crippen LogP contribution in [-0.2, 0) is 4.79 Å². The zero-order valence-corrected chi connectivity index (χ0v) is 11.5. The van der Waals surface area contributed by atoms with Crippen LogP contribution in [0.15, 0.2) is 17.8 Å². The Morgan fingerprint density at radius 2 is 1.95 bits per heavy atom. The summed E-state index contributed by atoms with van der Waals surface area (Å²) in [6.07, 6.45) is 1.09. The van der Waals surface area contributed by atoms with E-state index in [-0.39, 0.29) is 10.7 Å². The zero-order valence-electron chi connectivity index (χ0n) is 9.95. The first-order chi connectivity index (χ1) is 8.73. The van der Waals surface area contributed by atoms with E-state index in [2.05, 4.69) is 4.98 Å². The number of ketones is 1. The number of aromatic nitrogens is 1. The summed E-state index contributed by atoms with van der Waals surface area (Å²) in [5.74, 6) is -3.36. The van der Waals surface area contributed by atoms with Crippen molar-refractivity contribution in [2.75, 3.05) is 14.1 Å². The van der Waals surface area contributed by atoms with Crippen molar-refractivity contribution in [3.63, 3.8) is 0 Å². The molecule has 5 nitrogen and oxygen atoms in total. The number of carbonyl (C=O) groups is 2. The van der Waals surface area contributed by atoms with E-state index < -0.39 is 28.3 Å². The van der Waals surface area contributed by atoms with E-state index >= 15 is 0 Å². The Kier molecular flexibility index (Phi) is 4.85. The molecule has 0 amide bonds. The molecule has 0 saturated heterocycles. The van der Waals surface area contributed by atoms with Gasteiger partial charge in [0.2, 0.25) is 5.78 Å². The molecule has 1 heterocycles. The summed E-state index contributed by atoms with van der Waals surface area (Å²) in [6.45, 7) is 0. The number of nitrogens with zero attached hydrogens (tertiary/aromatic N) is 2. The predicted octanol–water partition coefficient (Wildman–Crippen LogP) is 2.24. The highest BCUT2D eigenvalue weighted by atomic mass is 35.5. The molecule has 102 valence electrons. The summed E-state index contributed by atoms with van der Waals surface area (Å²) in [6, 6.07) is 0.756. The molecule has 0 spiro atoms. The molecule has 1 aromatic heterocycles. The van der Waals surface area contributed by atoms with E-state index in [0.29, 0.717) is 0 Å². The molecule has 0 unspecified atom stereocenters. The van der Waals surface area contributed by atoms with Gasteiger partial charge in [-0.15, -0.1) is 0 Å². The van der Waals surface area contributed by atoms with Crippen molar-refractivity contribution in [1.29, 1.82) is 0 Å². The first kappa shape index (κ1) is 15.4. The number of rotatable bonds is 4. The van der Waals surface area contributed by atoms with Gasteiger partial charge in [0, 0.05) is 20.3 Å². The van der Waals surface area contributed by atoms with Gasteiger partial charge in [0.25, 0.3) is 0 Å². The van der Waals surface area contributed by atoms with Crippen LogP contribution in [0.2, 0.25) is 10.3 Å². The fourth-order valence-electron chi connectivity index (χ4n) is 1.22. The van der Waals surface area contributed by atoms with Gasteiger partial charge in [-0.1, -0.05) is 23.2 Å². The van der Waals surface area contributed by atoms with Crippen LogP contribution in [0.5, 0.6) is 0 Å². The van der Waals surface area contributed by atoms with Crippen LogP contribution in [0.1, 0.15) is 10.4 Å². The van der Waals surface area contributed by atoms with Crippen molar-refractivity contribution in [2.45, 2.75) is 0 Å². The summed E-state index contributed by atoms with van der Waals surface area (Å²) in [5, 5.41) is 8.12. The Bertz CT molecular complexity index is 573. The summed E-state index contributed by atoms with van der Waals surface area (Å²) >= 11 is 11.1. The normalized spacial score (nSPS) is 11.3. The molecule has 0 aliphatic carbocycles. The van der Waals surface area contributed by atoms with Gasteiger partial charge in [-0.3, -0.25) is 4.79 Å². The van der Waals surface area contributed by atoms with E-state index in [4.69, 9.17) is 28.3 Å². The topological polar surface area (TPSA) is 70.5 Å². The van der Waals surface area contributed by atoms with Gasteiger partial charge >= 0.3 is 5.97 Å². The summed E-state index contributed by atoms with van der Waals surface area (Å²) in [5.41, 5.74) is -0.922. The van der Waals surface area contributed by atoms with Crippen molar-refractivity contribution >= 4 is 35.0 Å². The van der Waals surface area contributed by atoms with Crippen molar-refractivity contribution in [2.24, 2.45) is 0 Å². The maximum absolute atomic E-state index is 13.3. The third-order valence-corrected chi connectivity index (χ3v) is 2.55. The number of hydrogen-bond acceptors (Lipinski definition) is 4. The smallest absolute Gasteiger partial charge is 0.341 e. The Morgan fingerprint density at radius 1 is 1.37 bits per heavy atom. The molecule has 8 heteroatoms. The zero-order chi connectivity index (χ0) is 14.7. The number of halogens is 3. The van der Waals surface area contributed by atoms with Gasteiger partial charge in [-0.05, 0) is 6.07 Å². The molecule has 0 saturated carbocycles. The highest BCUT2D eigenvalue weighted by molar-refractivity contribution is 6.37. The Morgan fingerprint density at radius 3 is 2.42 bits per heavy atom. The number of Topliss-reactive ketones (excluding diaryl/α,β-unsaturated/α-hetero) is 1. The van der Waals surface area contributed by atoms with Gasteiger partial charge in [-0.25, -0.2) is 14.2 Å². The molecule has 0 bridgehead atoms. The van der Waals surface area contributed by atoms with Crippen molar-refractivity contribution in [3.05, 3.63) is 39.5 Å². The lowest BCUT2D eigenvalue weighted by atomic mass is 10.1. The third-order valence-electron chi connectivity index (χ3n) is 1.99. The molecule has 0 aliphatic heterocycles. The Labute approximate surface area is 118 Å². The van der Waals surface area contributed by atoms with Crippen molar-refractivity contribution in [1.82, 2.24) is 9.88 Å². The molecule has 0 fully saturated rings. The predicted molar refractivity (Wildman–Crippen MR) is 68.0 cm³/mol. The van der Waals surface area contributed by atoms with E-state index in [9.17, 15) is 14.0 Å². The van der Waals surface area contributed by atoms with Crippen LogP contribution in [0.4, 0.5) is 4.39 Å². The number of carboxylic acid groups (broad SMARTS) is 1. The lowest BCUT2D eigenvalue weighted by Gasteiger charge is -2.09. The average Bonchev–Trinajstić information content (AvgIpc) is 2.29. The molecule has 0 aromatic carbocycles. The number of carboxylic acids is 1. The highest BCUT2D eigenvalue weighted by Crippen LogP contribution is 2.22. The molecular formula is C11H9Cl2FN2O3. The highest BCUT2D eigenvalue weighted by Gasteiger charge is 2.24. The lowest BCUT2D eigenvalue weighted by Crippen LogP contribution is -2.17. The van der Waals surface area contributed by atoms with Crippen molar-refractivity contribution < 1.29 is 19.1 Å². The quantitative estimate of drug-likeness (QED) is 0.304. The largest absolute Gasteiger partial charge is 0.477 e. The first-order valence-corrected chi connectivity index (χ1v) is 5.67. The number of hydrogen-bond donors (Lipinski definition) is 1. The van der Waals surface area contributed by atoms with Gasteiger partial charge in [0.15, 0.2) is 11.0 Å². The van der Waals surface area contributed by atoms with Gasteiger partial charge < -0.3 is 10.0 Å². The average molecular weight is 307 g/mol. The molecule has 0 atom stereocenters. The second-order valence-corrected chi connectivity index (χ2v) is 4.46. The third kappa shape index (κ3) is 3.65. The maximum Gasteiger partial charge on any atom is 0.341 e. The Hall–Kier alpha value is -1.66. The SMILES string of the molecule is CN(C)/C=C(/C(=O)O)C(=O)c1cc(F)c(Cl)nc1Cl. The second-order valence-electron chi connectivity index (χ2n) is 3.74. The summed E-state index contributed by atoms with van der Waals surface area (Å²) in [7, 11) is 3.08. The molecular weight excluding hydrogens is 298 g/mol. The van der Waals surface area contributed by atoms with Crippen LogP contribution in [0, 0.1) is 5.82 Å². The number of carbonyl (C=O) groups excluding carboxylic acids is 1. The van der Waals surface area contributed by atoms with Gasteiger partial charge in [-0.2, -0.15) is 0 Å². The minimum absolute atomic E-state index is 0.359. The molecule has 0 aliphatic rings. The molecule has 1 N–H and O–H groups in total. The molecule has 19 heavy (non-hydrogen) atoms. The molecule has 0 radical (unpaired) electrons. The number of aliphatic carboxylic acids is 1. The fourth-order valence-corrected chi connectivity index (χ4v) is 1.63.